The molecule has 2 aliphatic heterocycles. The van der Waals surface area contributed by atoms with Crippen molar-refractivity contribution in [2.45, 2.75) is 11.6 Å². The first-order chi connectivity index (χ1) is 12.8. The van der Waals surface area contributed by atoms with Gasteiger partial charge in [0.05, 0.1) is 43.4 Å². The summed E-state index contributed by atoms with van der Waals surface area (Å²) >= 11 is 1.07. The van der Waals surface area contributed by atoms with Crippen LogP contribution in [0.5, 0.6) is 11.5 Å². The van der Waals surface area contributed by atoms with Crippen molar-refractivity contribution in [2.24, 2.45) is 0 Å². The number of carbonyl (C=O) groups excluding carboxylic acids is 2. The molecule has 1 aromatic carbocycles. The predicted molar refractivity (Wildman–Crippen MR) is 95.5 cm³/mol. The summed E-state index contributed by atoms with van der Waals surface area (Å²) < 4.78 is 15.4. The van der Waals surface area contributed by atoms with Crippen molar-refractivity contribution in [3.05, 3.63) is 23.3 Å². The van der Waals surface area contributed by atoms with Gasteiger partial charge in [-0.25, -0.2) is 0 Å². The van der Waals surface area contributed by atoms with Gasteiger partial charge in [0, 0.05) is 13.1 Å². The molecule has 0 saturated carbocycles. The van der Waals surface area contributed by atoms with Crippen LogP contribution in [0.15, 0.2) is 12.1 Å². The molecule has 1 atom stereocenters. The number of aromatic carboxylic acids is 1. The van der Waals surface area contributed by atoms with E-state index in [0.29, 0.717) is 31.9 Å². The zero-order valence-corrected chi connectivity index (χ0v) is 21.6. The quantitative estimate of drug-likeness (QED) is 0.427. The second-order valence-corrected chi connectivity index (χ2v) is 7.57. The number of carboxylic acid groups (broad SMARTS) is 1. The number of benzene rings is 1. The minimum Gasteiger partial charge on any atom is -0.669 e. The minimum atomic E-state index is -3.38. The molecule has 2 N–H and O–H groups in total. The Morgan fingerprint density at radius 1 is 1.31 bits per heavy atom. The van der Waals surface area contributed by atoms with Crippen molar-refractivity contribution < 1.29 is 98.0 Å². The maximum atomic E-state index is 12.3. The summed E-state index contributed by atoms with van der Waals surface area (Å²) in [5.74, 6) is -1.77. The van der Waals surface area contributed by atoms with Gasteiger partial charge in [-0.15, -0.1) is 0 Å². The van der Waals surface area contributed by atoms with E-state index in [4.69, 9.17) is 14.1 Å². The molecule has 0 spiro atoms. The molecule has 1 amide bonds. The van der Waals surface area contributed by atoms with Gasteiger partial charge in [-0.3, -0.25) is 4.79 Å². The van der Waals surface area contributed by atoms with Crippen LogP contribution in [0.1, 0.15) is 15.9 Å². The average molecular weight is 443 g/mol. The number of carbonyl (C=O) groups is 2. The molecule has 148 valence electrons. The van der Waals surface area contributed by atoms with Gasteiger partial charge in [0.2, 0.25) is 5.91 Å². The average Bonchev–Trinajstić information content (AvgIpc) is 2.65. The van der Waals surface area contributed by atoms with Gasteiger partial charge in [-0.2, -0.15) is 11.8 Å². The van der Waals surface area contributed by atoms with Crippen LogP contribution in [0.2, 0.25) is 0 Å². The number of ether oxygens (including phenoxy) is 2. The van der Waals surface area contributed by atoms with E-state index in [-0.39, 0.29) is 94.3 Å². The number of morpholine rings is 1. The smallest absolute Gasteiger partial charge is 0.669 e. The third-order valence-corrected chi connectivity index (χ3v) is 5.97. The first kappa shape index (κ1) is 27.1. The van der Waals surface area contributed by atoms with Crippen molar-refractivity contribution in [2.75, 3.05) is 39.2 Å². The number of rotatable bonds is 5. The molecule has 1 saturated heterocycles. The van der Waals surface area contributed by atoms with Gasteiger partial charge >= 0.3 is 65.9 Å². The summed E-state index contributed by atoms with van der Waals surface area (Å²) in [6, 6.07) is 3.06. The van der Waals surface area contributed by atoms with Crippen LogP contribution < -0.4 is 73.6 Å². The van der Waals surface area contributed by atoms with Gasteiger partial charge in [-0.1, -0.05) is 6.07 Å². The van der Waals surface area contributed by atoms with E-state index in [1.807, 2.05) is 0 Å². The van der Waals surface area contributed by atoms with E-state index >= 15 is 0 Å². The Balaban J connectivity index is 0.00000210. The number of nitrogens with zero attached hydrogens (tertiary/aromatic N) is 1. The van der Waals surface area contributed by atoms with Gasteiger partial charge in [0.15, 0.2) is 0 Å². The van der Waals surface area contributed by atoms with Crippen molar-refractivity contribution in [3.63, 3.8) is 0 Å². The van der Waals surface area contributed by atoms with E-state index < -0.39 is 17.9 Å². The Labute approximate surface area is 217 Å². The van der Waals surface area contributed by atoms with Crippen molar-refractivity contribution in [1.82, 2.24) is 4.90 Å². The molecule has 0 bridgehead atoms. The molecule has 13 heteroatoms. The number of amides is 1. The molecule has 0 radical (unpaired) electrons. The van der Waals surface area contributed by atoms with Crippen LogP contribution in [-0.2, 0) is 16.0 Å². The number of fused-ring (bicyclic) bond motifs is 1. The van der Waals surface area contributed by atoms with E-state index in [1.165, 1.54) is 13.2 Å². The number of thioether (sulfide) groups is 1. The summed E-state index contributed by atoms with van der Waals surface area (Å²) in [4.78, 5) is 25.4. The predicted octanol–water partition coefficient (Wildman–Crippen LogP) is -7.58. The number of carboxylic acids is 1. The summed E-state index contributed by atoms with van der Waals surface area (Å²) in [6.07, 6.45) is 0.133. The number of hydrogen-bond acceptors (Lipinski definition) is 9. The van der Waals surface area contributed by atoms with Gasteiger partial charge < -0.3 is 39.0 Å². The molecule has 1 fully saturated rings. The van der Waals surface area contributed by atoms with Crippen LogP contribution in [0.3, 0.4) is 0 Å². The Kier molecular flexibility index (Phi) is 10.8. The SMILES string of the molecule is COc1ccc2c(c1C(=O)[O-])O[B-](O)(O)[C@@H](SCC(=O)N1CCOCC1)C2.[Na+].[Na+]. The normalized spacial score (nSPS) is 19.7. The second kappa shape index (κ2) is 11.6. The minimum absolute atomic E-state index is 0. The fourth-order valence-corrected chi connectivity index (χ4v) is 4.30. The van der Waals surface area contributed by atoms with E-state index in [9.17, 15) is 24.7 Å². The van der Waals surface area contributed by atoms with Crippen LogP contribution in [0.25, 0.3) is 0 Å². The van der Waals surface area contributed by atoms with E-state index in [0.717, 1.165) is 11.8 Å². The van der Waals surface area contributed by atoms with Gasteiger partial charge in [0.25, 0.3) is 0 Å². The van der Waals surface area contributed by atoms with E-state index in [1.54, 1.807) is 11.0 Å². The Hall–Kier alpha value is 0.0549. The standard InChI is InChI=1S/C16H21BNO8S.2Na/c1-24-11-3-2-10-8-12(17(22,23)26-15(10)14(11)16(20)21)27-9-13(19)18-4-6-25-7-5-18;;/h2-3,12,22-23H,4-9H2,1H3,(H,20,21);;/q-1;2*+1/p-1/t12-;;/m0../s1. The third-order valence-electron chi connectivity index (χ3n) is 4.61. The summed E-state index contributed by atoms with van der Waals surface area (Å²) in [5.41, 5.74) is 0.115. The van der Waals surface area contributed by atoms with Crippen molar-refractivity contribution >= 4 is 30.4 Å². The Morgan fingerprint density at radius 3 is 2.55 bits per heavy atom. The van der Waals surface area contributed by atoms with E-state index in [2.05, 4.69) is 0 Å². The molecule has 2 aliphatic rings. The molecule has 0 unspecified atom stereocenters. The van der Waals surface area contributed by atoms with Crippen LogP contribution in [0, 0.1) is 0 Å². The number of methoxy groups -OCH3 is 1. The third kappa shape index (κ3) is 6.28. The zero-order chi connectivity index (χ0) is 19.6. The molecule has 2 heterocycles. The monoisotopic (exact) mass is 443 g/mol. The Morgan fingerprint density at radius 2 is 1.97 bits per heavy atom. The van der Waals surface area contributed by atoms with Crippen molar-refractivity contribution in [3.8, 4) is 11.5 Å². The molecular formula is C16H20BNNa2O8S. The first-order valence-corrected chi connectivity index (χ1v) is 9.55. The summed E-state index contributed by atoms with van der Waals surface area (Å²) in [7, 11) is 1.29. The largest absolute Gasteiger partial charge is 1.00 e. The number of hydrogen-bond donors (Lipinski definition) is 2. The van der Waals surface area contributed by atoms with Gasteiger partial charge in [0.1, 0.15) is 5.75 Å². The van der Waals surface area contributed by atoms with Crippen LogP contribution in [-0.4, -0.2) is 77.9 Å². The first-order valence-electron chi connectivity index (χ1n) is 8.50. The second-order valence-electron chi connectivity index (χ2n) is 6.34. The maximum Gasteiger partial charge on any atom is 1.00 e. The van der Waals surface area contributed by atoms with Crippen LogP contribution >= 0.6 is 11.8 Å². The summed E-state index contributed by atoms with van der Waals surface area (Å²) in [6.45, 7) is -1.40. The van der Waals surface area contributed by atoms with Crippen molar-refractivity contribution in [1.29, 1.82) is 0 Å². The maximum absolute atomic E-state index is 12.3. The molecule has 3 rings (SSSR count). The molecular weight excluding hydrogens is 423 g/mol. The molecule has 9 nitrogen and oxygen atoms in total. The molecule has 0 aliphatic carbocycles. The fourth-order valence-electron chi connectivity index (χ4n) is 3.15. The molecule has 1 aromatic rings. The summed E-state index contributed by atoms with van der Waals surface area (Å²) in [5, 5.41) is 31.3. The zero-order valence-electron chi connectivity index (χ0n) is 16.8. The van der Waals surface area contributed by atoms with Gasteiger partial charge in [-0.05, 0) is 23.2 Å². The Bertz CT molecular complexity index is 748. The fraction of sp³-hybridized carbons (Fsp3) is 0.500. The molecule has 0 aromatic heterocycles. The molecule has 29 heavy (non-hydrogen) atoms. The topological polar surface area (TPSA) is 129 Å². The van der Waals surface area contributed by atoms with Crippen LogP contribution in [0.4, 0.5) is 0 Å².